The maximum absolute atomic E-state index is 12.5. The number of ether oxygens (including phenoxy) is 2. The quantitative estimate of drug-likeness (QED) is 0.508. The van der Waals surface area contributed by atoms with Crippen molar-refractivity contribution in [2.45, 2.75) is 38.3 Å². The fourth-order valence-electron chi connectivity index (χ4n) is 4.04. The van der Waals surface area contributed by atoms with E-state index in [1.807, 2.05) is 43.3 Å². The molecule has 0 fully saturated rings. The van der Waals surface area contributed by atoms with Crippen molar-refractivity contribution in [2.24, 2.45) is 5.92 Å². The largest absolute Gasteiger partial charge is 0.480 e. The van der Waals surface area contributed by atoms with Gasteiger partial charge in [0, 0.05) is 13.0 Å². The van der Waals surface area contributed by atoms with E-state index in [2.05, 4.69) is 22.8 Å². The number of carboxylic acid groups (broad SMARTS) is 1. The van der Waals surface area contributed by atoms with Crippen LogP contribution in [0, 0.1) is 5.92 Å². The van der Waals surface area contributed by atoms with E-state index in [-0.39, 0.29) is 25.0 Å². The number of carboxylic acids is 1. The maximum Gasteiger partial charge on any atom is 0.407 e. The topological polar surface area (TPSA) is 114 Å². The summed E-state index contributed by atoms with van der Waals surface area (Å²) in [4.78, 5) is 36.3. The molecule has 1 aliphatic carbocycles. The summed E-state index contributed by atoms with van der Waals surface area (Å²) in [5, 5.41) is 14.4. The molecule has 3 rings (SSSR count). The summed E-state index contributed by atoms with van der Waals surface area (Å²) < 4.78 is 10.6. The second-order valence-electron chi connectivity index (χ2n) is 8.14. The van der Waals surface area contributed by atoms with E-state index < -0.39 is 30.1 Å². The smallest absolute Gasteiger partial charge is 0.407 e. The number of hydrogen-bond acceptors (Lipinski definition) is 5. The Labute approximate surface area is 193 Å². The third-order valence-electron chi connectivity index (χ3n) is 6.13. The van der Waals surface area contributed by atoms with Crippen LogP contribution in [0.4, 0.5) is 4.79 Å². The third kappa shape index (κ3) is 5.51. The Kier molecular flexibility index (Phi) is 8.06. The molecular formula is C25H30N2O6. The Balaban J connectivity index is 1.56. The van der Waals surface area contributed by atoms with Crippen LogP contribution in [0.2, 0.25) is 0 Å². The molecule has 2 unspecified atom stereocenters. The summed E-state index contributed by atoms with van der Waals surface area (Å²) in [5.41, 5.74) is 4.47. The van der Waals surface area contributed by atoms with Crippen molar-refractivity contribution < 1.29 is 29.0 Å². The predicted molar refractivity (Wildman–Crippen MR) is 123 cm³/mol. The first-order valence-electron chi connectivity index (χ1n) is 11.0. The van der Waals surface area contributed by atoms with Crippen LogP contribution in [0.15, 0.2) is 48.5 Å². The van der Waals surface area contributed by atoms with Gasteiger partial charge in [0.15, 0.2) is 6.10 Å². The summed E-state index contributed by atoms with van der Waals surface area (Å²) in [7, 11) is 1.32. The number of carbonyl (C=O) groups excluding carboxylic acids is 2. The van der Waals surface area contributed by atoms with Gasteiger partial charge in [-0.15, -0.1) is 0 Å². The minimum absolute atomic E-state index is 0.0727. The highest BCUT2D eigenvalue weighted by atomic mass is 16.5. The van der Waals surface area contributed by atoms with Crippen LogP contribution < -0.4 is 10.6 Å². The molecule has 0 aromatic heterocycles. The van der Waals surface area contributed by atoms with E-state index in [1.165, 1.54) is 7.11 Å². The number of rotatable bonds is 10. The first-order chi connectivity index (χ1) is 15.9. The summed E-state index contributed by atoms with van der Waals surface area (Å²) in [5.74, 6) is -2.04. The standard InChI is InChI=1S/C25H30N2O6/c1-4-15(2)22(24(29)30)27-23(28)21(32-3)13-26-25(31)33-14-20-18-11-7-5-9-16(18)17-10-6-8-12-19(17)20/h5-12,15,20-22H,4,13-14H2,1-3H3,(H,26,31)(H,27,28)(H,29,30)/t15?,21?,22-/m0/s1. The lowest BCUT2D eigenvalue weighted by Gasteiger charge is -2.23. The van der Waals surface area contributed by atoms with Crippen LogP contribution in [-0.4, -0.2) is 55.5 Å². The van der Waals surface area contributed by atoms with Gasteiger partial charge in [-0.1, -0.05) is 68.8 Å². The zero-order valence-electron chi connectivity index (χ0n) is 19.0. The number of hydrogen-bond donors (Lipinski definition) is 3. The van der Waals surface area contributed by atoms with Crippen LogP contribution in [-0.2, 0) is 19.1 Å². The number of amides is 2. The van der Waals surface area contributed by atoms with Crippen molar-refractivity contribution in [3.05, 3.63) is 59.7 Å². The van der Waals surface area contributed by atoms with Crippen molar-refractivity contribution >= 4 is 18.0 Å². The minimum Gasteiger partial charge on any atom is -0.480 e. The fourth-order valence-corrected chi connectivity index (χ4v) is 4.04. The molecule has 0 aliphatic heterocycles. The monoisotopic (exact) mass is 454 g/mol. The predicted octanol–water partition coefficient (Wildman–Crippen LogP) is 3.16. The van der Waals surface area contributed by atoms with Crippen molar-refractivity contribution in [1.82, 2.24) is 10.6 Å². The Bertz CT molecular complexity index is 962. The van der Waals surface area contributed by atoms with E-state index in [0.717, 1.165) is 22.3 Å². The van der Waals surface area contributed by atoms with Gasteiger partial charge in [0.2, 0.25) is 0 Å². The van der Waals surface area contributed by atoms with Gasteiger partial charge in [0.25, 0.3) is 5.91 Å². The van der Waals surface area contributed by atoms with Crippen LogP contribution in [0.25, 0.3) is 11.1 Å². The van der Waals surface area contributed by atoms with Crippen molar-refractivity contribution in [3.8, 4) is 11.1 Å². The molecule has 8 nitrogen and oxygen atoms in total. The maximum atomic E-state index is 12.5. The first-order valence-corrected chi connectivity index (χ1v) is 11.0. The SMILES string of the molecule is CCC(C)[C@H](NC(=O)C(CNC(=O)OCC1c2ccccc2-c2ccccc21)OC)C(=O)O. The Morgan fingerprint density at radius 3 is 2.12 bits per heavy atom. The number of benzene rings is 2. The number of methoxy groups -OCH3 is 1. The van der Waals surface area contributed by atoms with Crippen LogP contribution in [0.5, 0.6) is 0 Å². The summed E-state index contributed by atoms with van der Waals surface area (Å²) in [6.07, 6.45) is -1.13. The normalized spacial score (nSPS) is 15.0. The first kappa shape index (κ1) is 24.3. The highest BCUT2D eigenvalue weighted by Gasteiger charge is 2.30. The minimum atomic E-state index is -1.11. The summed E-state index contributed by atoms with van der Waals surface area (Å²) >= 11 is 0. The highest BCUT2D eigenvalue weighted by molar-refractivity contribution is 5.87. The molecule has 2 amide bonds. The second-order valence-corrected chi connectivity index (χ2v) is 8.14. The number of carbonyl (C=O) groups is 3. The number of nitrogens with one attached hydrogen (secondary N) is 2. The molecule has 176 valence electrons. The van der Waals surface area contributed by atoms with Gasteiger partial charge in [-0.3, -0.25) is 4.79 Å². The van der Waals surface area contributed by atoms with Crippen LogP contribution >= 0.6 is 0 Å². The number of fused-ring (bicyclic) bond motifs is 3. The molecule has 8 heteroatoms. The van der Waals surface area contributed by atoms with Gasteiger partial charge in [0.1, 0.15) is 12.6 Å². The molecular weight excluding hydrogens is 424 g/mol. The second kappa shape index (κ2) is 11.0. The molecule has 1 aliphatic rings. The van der Waals surface area contributed by atoms with Crippen LogP contribution in [0.1, 0.15) is 37.3 Å². The lowest BCUT2D eigenvalue weighted by molar-refractivity contribution is -0.145. The molecule has 0 spiro atoms. The van der Waals surface area contributed by atoms with E-state index in [4.69, 9.17) is 9.47 Å². The van der Waals surface area contributed by atoms with E-state index in [1.54, 1.807) is 6.92 Å². The molecule has 3 atom stereocenters. The lowest BCUT2D eigenvalue weighted by atomic mass is 9.98. The van der Waals surface area contributed by atoms with E-state index >= 15 is 0 Å². The Hall–Kier alpha value is -3.39. The molecule has 0 heterocycles. The van der Waals surface area contributed by atoms with E-state index in [0.29, 0.717) is 6.42 Å². The fraction of sp³-hybridized carbons (Fsp3) is 0.400. The van der Waals surface area contributed by atoms with Crippen molar-refractivity contribution in [2.75, 3.05) is 20.3 Å². The third-order valence-corrected chi connectivity index (χ3v) is 6.13. The van der Waals surface area contributed by atoms with E-state index in [9.17, 15) is 19.5 Å². The van der Waals surface area contributed by atoms with Gasteiger partial charge < -0.3 is 25.2 Å². The van der Waals surface area contributed by atoms with Crippen LogP contribution in [0.3, 0.4) is 0 Å². The molecule has 33 heavy (non-hydrogen) atoms. The number of aliphatic carboxylic acids is 1. The van der Waals surface area contributed by atoms with Crippen molar-refractivity contribution in [1.29, 1.82) is 0 Å². The highest BCUT2D eigenvalue weighted by Crippen LogP contribution is 2.44. The van der Waals surface area contributed by atoms with Gasteiger partial charge in [-0.2, -0.15) is 0 Å². The molecule has 2 aromatic carbocycles. The van der Waals surface area contributed by atoms with Gasteiger partial charge >= 0.3 is 12.1 Å². The zero-order valence-corrected chi connectivity index (χ0v) is 19.0. The van der Waals surface area contributed by atoms with Gasteiger partial charge in [-0.25, -0.2) is 9.59 Å². The molecule has 0 saturated heterocycles. The Morgan fingerprint density at radius 1 is 1.03 bits per heavy atom. The lowest BCUT2D eigenvalue weighted by Crippen LogP contribution is -2.51. The average molecular weight is 455 g/mol. The molecule has 0 bridgehead atoms. The molecule has 3 N–H and O–H groups in total. The number of alkyl carbamates (subject to hydrolysis) is 1. The zero-order chi connectivity index (χ0) is 24.0. The Morgan fingerprint density at radius 2 is 1.61 bits per heavy atom. The molecule has 2 aromatic rings. The van der Waals surface area contributed by atoms with Gasteiger partial charge in [0.05, 0.1) is 6.54 Å². The van der Waals surface area contributed by atoms with Crippen molar-refractivity contribution in [3.63, 3.8) is 0 Å². The van der Waals surface area contributed by atoms with Gasteiger partial charge in [-0.05, 0) is 28.2 Å². The summed E-state index contributed by atoms with van der Waals surface area (Å²) in [6.45, 7) is 3.60. The average Bonchev–Trinajstić information content (AvgIpc) is 3.14. The molecule has 0 radical (unpaired) electrons. The summed E-state index contributed by atoms with van der Waals surface area (Å²) in [6, 6.07) is 15.0. The molecule has 0 saturated carbocycles.